The molecule has 0 aliphatic heterocycles. The topological polar surface area (TPSA) is 38.9 Å². The van der Waals surface area contributed by atoms with Gasteiger partial charge in [0.05, 0.1) is 5.75 Å². The Bertz CT molecular complexity index is 522. The van der Waals surface area contributed by atoms with E-state index in [0.717, 1.165) is 29.6 Å². The van der Waals surface area contributed by atoms with E-state index in [4.69, 9.17) is 4.52 Å². The summed E-state index contributed by atoms with van der Waals surface area (Å²) in [6.45, 7) is 6.30. The van der Waals surface area contributed by atoms with E-state index >= 15 is 0 Å². The average molecular weight is 262 g/mol. The lowest BCUT2D eigenvalue weighted by molar-refractivity contribution is 0.385. The van der Waals surface area contributed by atoms with E-state index in [0.29, 0.717) is 0 Å². The molecule has 0 unspecified atom stereocenters. The number of aryl methyl sites for hydroxylation is 3. The molecule has 2 aromatic rings. The summed E-state index contributed by atoms with van der Waals surface area (Å²) in [5.41, 5.74) is 4.03. The molecule has 0 N–H and O–H groups in total. The summed E-state index contributed by atoms with van der Waals surface area (Å²) in [6.07, 6.45) is 0.825. The van der Waals surface area contributed by atoms with Gasteiger partial charge < -0.3 is 4.52 Å². The molecule has 4 heteroatoms. The van der Waals surface area contributed by atoms with Gasteiger partial charge in [-0.1, -0.05) is 35.8 Å². The Labute approximate surface area is 112 Å². The van der Waals surface area contributed by atoms with E-state index < -0.39 is 0 Å². The highest BCUT2D eigenvalue weighted by Gasteiger charge is 2.05. The van der Waals surface area contributed by atoms with Gasteiger partial charge in [0, 0.05) is 12.2 Å². The first-order valence-corrected chi connectivity index (χ1v) is 7.30. The fourth-order valence-electron chi connectivity index (χ4n) is 1.70. The molecular weight excluding hydrogens is 244 g/mol. The maximum absolute atomic E-state index is 5.17. The van der Waals surface area contributed by atoms with Crippen LogP contribution in [0.5, 0.6) is 0 Å². The van der Waals surface area contributed by atoms with Crippen molar-refractivity contribution in [1.82, 2.24) is 10.1 Å². The van der Waals surface area contributed by atoms with E-state index in [9.17, 15) is 0 Å². The van der Waals surface area contributed by atoms with Crippen molar-refractivity contribution in [2.75, 3.05) is 0 Å². The molecule has 1 heterocycles. The van der Waals surface area contributed by atoms with E-state index in [2.05, 4.69) is 42.2 Å². The lowest BCUT2D eigenvalue weighted by Gasteiger charge is -2.05. The minimum absolute atomic E-state index is 0.724. The largest absolute Gasteiger partial charge is 0.338 e. The fourth-order valence-corrected chi connectivity index (χ4v) is 2.62. The van der Waals surface area contributed by atoms with Crippen molar-refractivity contribution in [3.05, 3.63) is 46.6 Å². The molecule has 0 bridgehead atoms. The Morgan fingerprint density at radius 1 is 1.22 bits per heavy atom. The Balaban J connectivity index is 1.90. The van der Waals surface area contributed by atoms with E-state index in [1.807, 2.05) is 18.7 Å². The van der Waals surface area contributed by atoms with Gasteiger partial charge in [-0.15, -0.1) is 11.8 Å². The standard InChI is InChI=1S/C14H18N2OS/c1-4-13-15-14(17-16-13)9-18-8-12-7-10(2)5-6-11(12)3/h5-7H,4,8-9H2,1-3H3. The molecule has 96 valence electrons. The summed E-state index contributed by atoms with van der Waals surface area (Å²) in [5.74, 6) is 3.28. The first-order valence-electron chi connectivity index (χ1n) is 6.14. The Morgan fingerprint density at radius 3 is 2.78 bits per heavy atom. The van der Waals surface area contributed by atoms with Crippen LogP contribution in [0.15, 0.2) is 22.7 Å². The van der Waals surface area contributed by atoms with Crippen LogP contribution in [0.1, 0.15) is 35.3 Å². The SMILES string of the molecule is CCc1noc(CSCc2cc(C)ccc2C)n1. The molecular formula is C14H18N2OS. The molecule has 0 fully saturated rings. The molecule has 0 spiro atoms. The predicted molar refractivity (Wildman–Crippen MR) is 74.6 cm³/mol. The van der Waals surface area contributed by atoms with Crippen molar-refractivity contribution in [3.8, 4) is 0 Å². The zero-order valence-corrected chi connectivity index (χ0v) is 11.9. The van der Waals surface area contributed by atoms with Crippen LogP contribution in [-0.4, -0.2) is 10.1 Å². The molecule has 0 aliphatic carbocycles. The van der Waals surface area contributed by atoms with Gasteiger partial charge in [-0.2, -0.15) is 4.98 Å². The third-order valence-electron chi connectivity index (χ3n) is 2.81. The Kier molecular flexibility index (Phi) is 4.42. The van der Waals surface area contributed by atoms with Crippen molar-refractivity contribution in [2.45, 2.75) is 38.7 Å². The number of hydrogen-bond acceptors (Lipinski definition) is 4. The van der Waals surface area contributed by atoms with Gasteiger partial charge >= 0.3 is 0 Å². The quantitative estimate of drug-likeness (QED) is 0.824. The Hall–Kier alpha value is -1.29. The van der Waals surface area contributed by atoms with Gasteiger partial charge in [0.25, 0.3) is 0 Å². The van der Waals surface area contributed by atoms with E-state index in [-0.39, 0.29) is 0 Å². The molecule has 0 radical (unpaired) electrons. The number of nitrogens with zero attached hydrogens (tertiary/aromatic N) is 2. The number of thioether (sulfide) groups is 1. The monoisotopic (exact) mass is 262 g/mol. The first kappa shape index (κ1) is 13.1. The van der Waals surface area contributed by atoms with Crippen LogP contribution in [0.3, 0.4) is 0 Å². The maximum atomic E-state index is 5.17. The third-order valence-corrected chi connectivity index (χ3v) is 3.78. The van der Waals surface area contributed by atoms with Gasteiger partial charge in [0.2, 0.25) is 5.89 Å². The highest BCUT2D eigenvalue weighted by atomic mass is 32.2. The zero-order chi connectivity index (χ0) is 13.0. The normalized spacial score (nSPS) is 10.8. The molecule has 0 amide bonds. The summed E-state index contributed by atoms with van der Waals surface area (Å²) in [7, 11) is 0. The van der Waals surface area contributed by atoms with Crippen LogP contribution in [0.4, 0.5) is 0 Å². The van der Waals surface area contributed by atoms with Crippen LogP contribution in [0.25, 0.3) is 0 Å². The molecule has 1 aromatic heterocycles. The molecule has 3 nitrogen and oxygen atoms in total. The third kappa shape index (κ3) is 3.35. The second-order valence-electron chi connectivity index (χ2n) is 4.38. The molecule has 1 aromatic carbocycles. The smallest absolute Gasteiger partial charge is 0.236 e. The minimum Gasteiger partial charge on any atom is -0.338 e. The lowest BCUT2D eigenvalue weighted by Crippen LogP contribution is -1.89. The average Bonchev–Trinajstić information content (AvgIpc) is 2.81. The number of rotatable bonds is 5. The van der Waals surface area contributed by atoms with Gasteiger partial charge in [0.15, 0.2) is 5.82 Å². The van der Waals surface area contributed by atoms with Crippen LogP contribution in [0, 0.1) is 13.8 Å². The molecule has 0 saturated carbocycles. The molecule has 0 saturated heterocycles. The van der Waals surface area contributed by atoms with Crippen LogP contribution < -0.4 is 0 Å². The summed E-state index contributed by atoms with van der Waals surface area (Å²) >= 11 is 1.81. The fraction of sp³-hybridized carbons (Fsp3) is 0.429. The number of aromatic nitrogens is 2. The first-order chi connectivity index (χ1) is 8.69. The predicted octanol–water partition coefficient (Wildman–Crippen LogP) is 3.68. The van der Waals surface area contributed by atoms with Crippen LogP contribution >= 0.6 is 11.8 Å². The number of benzene rings is 1. The second-order valence-corrected chi connectivity index (χ2v) is 5.37. The zero-order valence-electron chi connectivity index (χ0n) is 11.1. The summed E-state index contributed by atoms with van der Waals surface area (Å²) in [5, 5.41) is 3.89. The van der Waals surface area contributed by atoms with Crippen molar-refractivity contribution >= 4 is 11.8 Å². The highest BCUT2D eigenvalue weighted by Crippen LogP contribution is 2.20. The Morgan fingerprint density at radius 2 is 2.06 bits per heavy atom. The van der Waals surface area contributed by atoms with Gasteiger partial charge in [-0.3, -0.25) is 0 Å². The minimum atomic E-state index is 0.724. The summed E-state index contributed by atoms with van der Waals surface area (Å²) in [4.78, 5) is 4.30. The second kappa shape index (κ2) is 6.05. The van der Waals surface area contributed by atoms with Crippen molar-refractivity contribution < 1.29 is 4.52 Å². The summed E-state index contributed by atoms with van der Waals surface area (Å²) in [6, 6.07) is 6.57. The van der Waals surface area contributed by atoms with Gasteiger partial charge in [-0.05, 0) is 25.0 Å². The van der Waals surface area contributed by atoms with Crippen molar-refractivity contribution in [3.63, 3.8) is 0 Å². The molecule has 18 heavy (non-hydrogen) atoms. The summed E-state index contributed by atoms with van der Waals surface area (Å²) < 4.78 is 5.17. The van der Waals surface area contributed by atoms with Gasteiger partial charge in [-0.25, -0.2) is 0 Å². The lowest BCUT2D eigenvalue weighted by atomic mass is 10.1. The molecule has 2 rings (SSSR count). The number of hydrogen-bond donors (Lipinski definition) is 0. The molecule has 0 aliphatic rings. The highest BCUT2D eigenvalue weighted by molar-refractivity contribution is 7.97. The maximum Gasteiger partial charge on any atom is 0.236 e. The van der Waals surface area contributed by atoms with Crippen LogP contribution in [-0.2, 0) is 17.9 Å². The van der Waals surface area contributed by atoms with Crippen molar-refractivity contribution in [1.29, 1.82) is 0 Å². The van der Waals surface area contributed by atoms with Crippen LogP contribution in [0.2, 0.25) is 0 Å². The molecule has 0 atom stereocenters. The van der Waals surface area contributed by atoms with E-state index in [1.165, 1.54) is 16.7 Å². The van der Waals surface area contributed by atoms with Gasteiger partial charge in [0.1, 0.15) is 0 Å². The van der Waals surface area contributed by atoms with Crippen molar-refractivity contribution in [2.24, 2.45) is 0 Å². The van der Waals surface area contributed by atoms with E-state index in [1.54, 1.807) is 0 Å².